The molecular weight excluding hydrogens is 306 g/mol. The van der Waals surface area contributed by atoms with Crippen LogP contribution in [-0.4, -0.2) is 64.7 Å². The highest BCUT2D eigenvalue weighted by atomic mass is 16.5. The molecule has 3 rings (SSSR count). The molecule has 0 saturated carbocycles. The average Bonchev–Trinajstić information content (AvgIpc) is 3.16. The van der Waals surface area contributed by atoms with Gasteiger partial charge < -0.3 is 15.0 Å². The molecular formula is C17H23N5O2. The predicted molar refractivity (Wildman–Crippen MR) is 90.2 cm³/mol. The van der Waals surface area contributed by atoms with Crippen molar-refractivity contribution in [2.45, 2.75) is 18.9 Å². The minimum absolute atomic E-state index is 0.0471. The molecule has 1 fully saturated rings. The number of hydrogen-bond acceptors (Lipinski definition) is 5. The van der Waals surface area contributed by atoms with Crippen LogP contribution >= 0.6 is 0 Å². The van der Waals surface area contributed by atoms with Crippen molar-refractivity contribution in [3.63, 3.8) is 0 Å². The molecule has 24 heavy (non-hydrogen) atoms. The number of likely N-dealkylation sites (tertiary alicyclic amines) is 1. The second kappa shape index (κ2) is 8.03. The molecule has 0 aromatic carbocycles. The number of ether oxygens (including phenoxy) is 1. The van der Waals surface area contributed by atoms with Crippen LogP contribution in [0.1, 0.15) is 23.2 Å². The number of amides is 1. The number of carbonyl (C=O) groups excluding carboxylic acids is 1. The number of nitrogens with zero attached hydrogens (tertiary/aromatic N) is 4. The van der Waals surface area contributed by atoms with Crippen LogP contribution in [0.2, 0.25) is 0 Å². The van der Waals surface area contributed by atoms with E-state index in [2.05, 4.69) is 20.2 Å². The van der Waals surface area contributed by atoms with Crippen molar-refractivity contribution in [3.8, 4) is 5.82 Å². The summed E-state index contributed by atoms with van der Waals surface area (Å²) < 4.78 is 6.89. The van der Waals surface area contributed by atoms with Gasteiger partial charge in [-0.15, -0.1) is 0 Å². The number of rotatable bonds is 6. The third kappa shape index (κ3) is 4.18. The van der Waals surface area contributed by atoms with E-state index in [-0.39, 0.29) is 11.9 Å². The van der Waals surface area contributed by atoms with Crippen LogP contribution in [0.3, 0.4) is 0 Å². The maximum atomic E-state index is 12.5. The van der Waals surface area contributed by atoms with Crippen molar-refractivity contribution in [2.75, 3.05) is 33.4 Å². The number of nitrogens with one attached hydrogen (secondary N) is 1. The van der Waals surface area contributed by atoms with E-state index in [0.717, 1.165) is 39.1 Å². The van der Waals surface area contributed by atoms with Gasteiger partial charge in [-0.3, -0.25) is 9.36 Å². The molecule has 1 N–H and O–H groups in total. The number of carbonyl (C=O) groups is 1. The Bertz CT molecular complexity index is 651. The third-order valence-corrected chi connectivity index (χ3v) is 4.31. The first kappa shape index (κ1) is 16.6. The first-order chi connectivity index (χ1) is 11.8. The molecule has 2 aromatic heterocycles. The van der Waals surface area contributed by atoms with Gasteiger partial charge in [0.2, 0.25) is 0 Å². The predicted octanol–water partition coefficient (Wildman–Crippen LogP) is 1.11. The first-order valence-corrected chi connectivity index (χ1v) is 8.23. The van der Waals surface area contributed by atoms with Gasteiger partial charge in [0.05, 0.1) is 6.61 Å². The van der Waals surface area contributed by atoms with E-state index in [1.54, 1.807) is 48.7 Å². The molecule has 0 unspecified atom stereocenters. The van der Waals surface area contributed by atoms with Crippen molar-refractivity contribution in [1.29, 1.82) is 0 Å². The van der Waals surface area contributed by atoms with Crippen LogP contribution in [0.4, 0.5) is 0 Å². The maximum Gasteiger partial charge on any atom is 0.251 e. The second-order valence-electron chi connectivity index (χ2n) is 5.95. The minimum atomic E-state index is -0.0471. The van der Waals surface area contributed by atoms with Crippen molar-refractivity contribution < 1.29 is 9.53 Å². The van der Waals surface area contributed by atoms with E-state index < -0.39 is 0 Å². The molecule has 0 atom stereocenters. The van der Waals surface area contributed by atoms with E-state index in [1.165, 1.54) is 0 Å². The number of imidazole rings is 1. The summed E-state index contributed by atoms with van der Waals surface area (Å²) in [7, 11) is 1.72. The van der Waals surface area contributed by atoms with Gasteiger partial charge in [-0.1, -0.05) is 0 Å². The van der Waals surface area contributed by atoms with Gasteiger partial charge in [0, 0.05) is 56.9 Å². The highest BCUT2D eigenvalue weighted by Gasteiger charge is 2.21. The van der Waals surface area contributed by atoms with Gasteiger partial charge in [0.1, 0.15) is 12.1 Å². The lowest BCUT2D eigenvalue weighted by atomic mass is 10.0. The van der Waals surface area contributed by atoms with Crippen LogP contribution in [0.25, 0.3) is 5.82 Å². The molecule has 0 aliphatic carbocycles. The van der Waals surface area contributed by atoms with Crippen molar-refractivity contribution in [3.05, 3.63) is 42.6 Å². The largest absolute Gasteiger partial charge is 0.383 e. The van der Waals surface area contributed by atoms with Crippen LogP contribution in [0.5, 0.6) is 0 Å². The van der Waals surface area contributed by atoms with Gasteiger partial charge >= 0.3 is 0 Å². The van der Waals surface area contributed by atoms with E-state index in [0.29, 0.717) is 11.4 Å². The quantitative estimate of drug-likeness (QED) is 0.859. The van der Waals surface area contributed by atoms with Gasteiger partial charge in [0.15, 0.2) is 0 Å². The molecule has 0 bridgehead atoms. The molecule has 0 radical (unpaired) electrons. The summed E-state index contributed by atoms with van der Waals surface area (Å²) in [5, 5.41) is 3.13. The van der Waals surface area contributed by atoms with Crippen LogP contribution in [-0.2, 0) is 4.74 Å². The Balaban J connectivity index is 1.55. The Hall–Kier alpha value is -2.25. The van der Waals surface area contributed by atoms with Crippen LogP contribution < -0.4 is 5.32 Å². The number of methoxy groups -OCH3 is 1. The van der Waals surface area contributed by atoms with Crippen LogP contribution in [0, 0.1) is 0 Å². The Kier molecular flexibility index (Phi) is 5.55. The average molecular weight is 329 g/mol. The summed E-state index contributed by atoms with van der Waals surface area (Å²) in [4.78, 5) is 23.1. The second-order valence-corrected chi connectivity index (χ2v) is 5.95. The van der Waals surface area contributed by atoms with Crippen molar-refractivity contribution in [1.82, 2.24) is 24.8 Å². The molecule has 1 saturated heterocycles. The first-order valence-electron chi connectivity index (χ1n) is 8.23. The highest BCUT2D eigenvalue weighted by Crippen LogP contribution is 2.12. The summed E-state index contributed by atoms with van der Waals surface area (Å²) in [5.41, 5.74) is 0.621. The van der Waals surface area contributed by atoms with Gasteiger partial charge in [-0.25, -0.2) is 9.97 Å². The normalized spacial score (nSPS) is 16.2. The molecule has 1 aliphatic heterocycles. The van der Waals surface area contributed by atoms with E-state index in [4.69, 9.17) is 4.74 Å². The molecule has 7 nitrogen and oxygen atoms in total. The molecule has 128 valence electrons. The standard InChI is InChI=1S/C17H23N5O2/c1-24-11-10-21-7-3-15(4-8-21)20-17(23)14-2-5-19-16(12-14)22-9-6-18-13-22/h2,5-6,9,12-13,15H,3-4,7-8,10-11H2,1H3,(H,20,23). The smallest absolute Gasteiger partial charge is 0.251 e. The Labute approximate surface area is 141 Å². The number of piperidine rings is 1. The zero-order valence-electron chi connectivity index (χ0n) is 13.9. The molecule has 1 amide bonds. The molecule has 7 heteroatoms. The van der Waals surface area contributed by atoms with Crippen molar-refractivity contribution in [2.24, 2.45) is 0 Å². The number of aromatic nitrogens is 3. The highest BCUT2D eigenvalue weighted by molar-refractivity contribution is 5.94. The summed E-state index contributed by atoms with van der Waals surface area (Å²) in [5.74, 6) is 0.642. The molecule has 0 spiro atoms. The lowest BCUT2D eigenvalue weighted by Gasteiger charge is -2.32. The Morgan fingerprint density at radius 3 is 2.92 bits per heavy atom. The summed E-state index contributed by atoms with van der Waals surface area (Å²) in [6.07, 6.45) is 8.74. The lowest BCUT2D eigenvalue weighted by molar-refractivity contribution is 0.0892. The summed E-state index contributed by atoms with van der Waals surface area (Å²) >= 11 is 0. The lowest BCUT2D eigenvalue weighted by Crippen LogP contribution is -2.45. The number of hydrogen-bond donors (Lipinski definition) is 1. The summed E-state index contributed by atoms with van der Waals surface area (Å²) in [6.45, 7) is 3.69. The topological polar surface area (TPSA) is 72.3 Å². The van der Waals surface area contributed by atoms with Gasteiger partial charge in [-0.2, -0.15) is 0 Å². The fraction of sp³-hybridized carbons (Fsp3) is 0.471. The van der Waals surface area contributed by atoms with E-state index in [1.807, 2.05) is 0 Å². The minimum Gasteiger partial charge on any atom is -0.383 e. The zero-order chi connectivity index (χ0) is 16.8. The van der Waals surface area contributed by atoms with Gasteiger partial charge in [-0.05, 0) is 25.0 Å². The fourth-order valence-electron chi connectivity index (χ4n) is 2.89. The Morgan fingerprint density at radius 1 is 1.38 bits per heavy atom. The fourth-order valence-corrected chi connectivity index (χ4v) is 2.89. The van der Waals surface area contributed by atoms with E-state index in [9.17, 15) is 4.79 Å². The zero-order valence-corrected chi connectivity index (χ0v) is 13.9. The van der Waals surface area contributed by atoms with Crippen molar-refractivity contribution >= 4 is 5.91 Å². The maximum absolute atomic E-state index is 12.5. The molecule has 3 heterocycles. The molecule has 2 aromatic rings. The molecule has 1 aliphatic rings. The summed E-state index contributed by atoms with van der Waals surface area (Å²) in [6, 6.07) is 3.75. The van der Waals surface area contributed by atoms with Crippen LogP contribution in [0.15, 0.2) is 37.1 Å². The van der Waals surface area contributed by atoms with E-state index >= 15 is 0 Å². The van der Waals surface area contributed by atoms with Gasteiger partial charge in [0.25, 0.3) is 5.91 Å². The monoisotopic (exact) mass is 329 g/mol. The Morgan fingerprint density at radius 2 is 2.21 bits per heavy atom. The third-order valence-electron chi connectivity index (χ3n) is 4.31. The number of pyridine rings is 1. The SMILES string of the molecule is COCCN1CCC(NC(=O)c2ccnc(-n3ccnc3)c2)CC1.